The predicted octanol–water partition coefficient (Wildman–Crippen LogP) is 8.87. The molecule has 0 spiro atoms. The first-order chi connectivity index (χ1) is 17.1. The Hall–Kier alpha value is -0.120. The number of hydrogen-bond acceptors (Lipinski definition) is 3. The van der Waals surface area contributed by atoms with E-state index in [9.17, 15) is 0 Å². The third kappa shape index (κ3) is 33.9. The molecule has 0 unspecified atom stereocenters. The Balaban J connectivity index is 3.02. The Labute approximate surface area is 223 Å². The van der Waals surface area contributed by atoms with Crippen LogP contribution in [0.5, 0.6) is 0 Å². The van der Waals surface area contributed by atoms with E-state index < -0.39 is 0 Å². The molecule has 3 N–H and O–H groups in total. The van der Waals surface area contributed by atoms with E-state index in [4.69, 9.17) is 0 Å². The number of hydrogen-bond donors (Lipinski definition) is 3. The summed E-state index contributed by atoms with van der Waals surface area (Å²) in [5.74, 6) is 1.70. The summed E-state index contributed by atoms with van der Waals surface area (Å²) in [4.78, 5) is 0. The molecule has 0 amide bonds. The summed E-state index contributed by atoms with van der Waals surface area (Å²) in [5, 5.41) is 10.9. The van der Waals surface area contributed by atoms with Crippen LogP contribution in [0.4, 0.5) is 0 Å². The topological polar surface area (TPSA) is 36.1 Å². The smallest absolute Gasteiger partial charge is 0.00488 e. The maximum Gasteiger partial charge on any atom is -0.00488 e. The number of rotatable bonds is 30. The zero-order valence-electron chi connectivity index (χ0n) is 25.0. The van der Waals surface area contributed by atoms with Gasteiger partial charge in [0.1, 0.15) is 0 Å². The molecular formula is C32H69N3. The predicted molar refractivity (Wildman–Crippen MR) is 161 cm³/mol. The molecule has 0 aliphatic rings. The summed E-state index contributed by atoms with van der Waals surface area (Å²) < 4.78 is 0. The Morgan fingerprint density at radius 2 is 0.486 bits per heavy atom. The van der Waals surface area contributed by atoms with Gasteiger partial charge in [-0.2, -0.15) is 0 Å². The first-order valence-corrected chi connectivity index (χ1v) is 16.2. The number of nitrogens with one attached hydrogen (secondary N) is 3. The molecule has 0 saturated carbocycles. The molecule has 0 rings (SSSR count). The highest BCUT2D eigenvalue weighted by molar-refractivity contribution is 4.55. The van der Waals surface area contributed by atoms with Gasteiger partial charge in [0.05, 0.1) is 0 Å². The Morgan fingerprint density at radius 1 is 0.286 bits per heavy atom. The minimum absolute atomic E-state index is 0.851. The molecule has 35 heavy (non-hydrogen) atoms. The van der Waals surface area contributed by atoms with Crippen LogP contribution < -0.4 is 16.0 Å². The fourth-order valence-electron chi connectivity index (χ4n) is 4.77. The molecule has 0 radical (unpaired) electrons. The molecular weight excluding hydrogens is 426 g/mol. The van der Waals surface area contributed by atoms with E-state index in [0.717, 1.165) is 11.8 Å². The van der Waals surface area contributed by atoms with E-state index in [0.29, 0.717) is 0 Å². The second kappa shape index (κ2) is 30.1. The molecule has 0 aromatic carbocycles. The average Bonchev–Trinajstić information content (AvgIpc) is 2.82. The normalized spacial score (nSPS) is 11.8. The van der Waals surface area contributed by atoms with Gasteiger partial charge in [-0.3, -0.25) is 0 Å². The Morgan fingerprint density at radius 3 is 0.714 bits per heavy atom. The van der Waals surface area contributed by atoms with Crippen LogP contribution in [0.1, 0.15) is 156 Å². The van der Waals surface area contributed by atoms with Crippen molar-refractivity contribution < 1.29 is 0 Å². The van der Waals surface area contributed by atoms with Gasteiger partial charge in [-0.05, 0) is 102 Å². The van der Waals surface area contributed by atoms with Crippen molar-refractivity contribution in [1.82, 2.24) is 16.0 Å². The van der Waals surface area contributed by atoms with E-state index in [1.54, 1.807) is 0 Å². The second-order valence-electron chi connectivity index (χ2n) is 12.0. The van der Waals surface area contributed by atoms with Crippen LogP contribution in [0.15, 0.2) is 0 Å². The van der Waals surface area contributed by atoms with Gasteiger partial charge in [-0.1, -0.05) is 105 Å². The summed E-state index contributed by atoms with van der Waals surface area (Å²) >= 11 is 0. The lowest BCUT2D eigenvalue weighted by atomic mass is 10.1. The van der Waals surface area contributed by atoms with Crippen molar-refractivity contribution >= 4 is 0 Å². The molecule has 0 fully saturated rings. The van der Waals surface area contributed by atoms with Crippen molar-refractivity contribution in [3.63, 3.8) is 0 Å². The van der Waals surface area contributed by atoms with Gasteiger partial charge in [-0.15, -0.1) is 0 Å². The third-order valence-electron chi connectivity index (χ3n) is 7.18. The summed E-state index contributed by atoms with van der Waals surface area (Å²) in [6.45, 7) is 16.6. The van der Waals surface area contributed by atoms with E-state index in [-0.39, 0.29) is 0 Å². The van der Waals surface area contributed by atoms with E-state index >= 15 is 0 Å². The van der Waals surface area contributed by atoms with Crippen molar-refractivity contribution in [3.05, 3.63) is 0 Å². The van der Waals surface area contributed by atoms with Crippen LogP contribution in [0.3, 0.4) is 0 Å². The zero-order valence-corrected chi connectivity index (χ0v) is 25.0. The first kappa shape index (κ1) is 34.9. The third-order valence-corrected chi connectivity index (χ3v) is 7.18. The lowest BCUT2D eigenvalue weighted by Crippen LogP contribution is -2.17. The molecule has 3 nitrogen and oxygen atoms in total. The fourth-order valence-corrected chi connectivity index (χ4v) is 4.77. The van der Waals surface area contributed by atoms with Gasteiger partial charge in [-0.25, -0.2) is 0 Å². The molecule has 0 bridgehead atoms. The van der Waals surface area contributed by atoms with Crippen molar-refractivity contribution in [3.8, 4) is 0 Å². The van der Waals surface area contributed by atoms with E-state index in [1.165, 1.54) is 168 Å². The molecule has 212 valence electrons. The molecule has 0 atom stereocenters. The SMILES string of the molecule is CC(C)CCCNCCCCCCCCCCNCCCCCCCCCCNCCCC(C)C. The summed E-state index contributed by atoms with van der Waals surface area (Å²) in [6, 6.07) is 0. The zero-order chi connectivity index (χ0) is 25.7. The molecule has 0 heterocycles. The van der Waals surface area contributed by atoms with Gasteiger partial charge in [0, 0.05) is 0 Å². The van der Waals surface area contributed by atoms with Gasteiger partial charge in [0.15, 0.2) is 0 Å². The summed E-state index contributed by atoms with van der Waals surface area (Å²) in [6.07, 6.45) is 28.0. The highest BCUT2D eigenvalue weighted by Gasteiger charge is 1.97. The van der Waals surface area contributed by atoms with E-state index in [2.05, 4.69) is 43.6 Å². The highest BCUT2D eigenvalue weighted by atomic mass is 14.8. The van der Waals surface area contributed by atoms with Gasteiger partial charge < -0.3 is 16.0 Å². The molecule has 0 aliphatic carbocycles. The molecule has 3 heteroatoms. The lowest BCUT2D eigenvalue weighted by molar-refractivity contribution is 0.507. The fraction of sp³-hybridized carbons (Fsp3) is 1.00. The van der Waals surface area contributed by atoms with Crippen molar-refractivity contribution in [2.24, 2.45) is 11.8 Å². The largest absolute Gasteiger partial charge is 0.317 e. The van der Waals surface area contributed by atoms with Crippen LogP contribution >= 0.6 is 0 Å². The average molecular weight is 496 g/mol. The van der Waals surface area contributed by atoms with Crippen molar-refractivity contribution in [2.45, 2.75) is 156 Å². The number of unbranched alkanes of at least 4 members (excludes halogenated alkanes) is 14. The second-order valence-corrected chi connectivity index (χ2v) is 12.0. The lowest BCUT2D eigenvalue weighted by Gasteiger charge is -2.07. The highest BCUT2D eigenvalue weighted by Crippen LogP contribution is 2.10. The van der Waals surface area contributed by atoms with Gasteiger partial charge in [0.25, 0.3) is 0 Å². The van der Waals surface area contributed by atoms with Crippen LogP contribution in [0.25, 0.3) is 0 Å². The summed E-state index contributed by atoms with van der Waals surface area (Å²) in [5.41, 5.74) is 0. The maximum atomic E-state index is 3.66. The Kier molecular flexibility index (Phi) is 30.0. The monoisotopic (exact) mass is 496 g/mol. The quantitative estimate of drug-likeness (QED) is 0.0871. The Bertz CT molecular complexity index is 336. The van der Waals surface area contributed by atoms with Crippen LogP contribution in [0.2, 0.25) is 0 Å². The molecule has 0 aromatic rings. The van der Waals surface area contributed by atoms with Gasteiger partial charge >= 0.3 is 0 Å². The minimum Gasteiger partial charge on any atom is -0.317 e. The molecule has 0 aromatic heterocycles. The van der Waals surface area contributed by atoms with E-state index in [1.807, 2.05) is 0 Å². The first-order valence-electron chi connectivity index (χ1n) is 16.2. The molecule has 0 aliphatic heterocycles. The van der Waals surface area contributed by atoms with Crippen molar-refractivity contribution in [2.75, 3.05) is 39.3 Å². The minimum atomic E-state index is 0.851. The van der Waals surface area contributed by atoms with Crippen LogP contribution in [0, 0.1) is 11.8 Å². The summed E-state index contributed by atoms with van der Waals surface area (Å²) in [7, 11) is 0. The standard InChI is InChI=1S/C32H69N3/c1-31(2)23-21-29-34-27-19-15-11-7-5-9-13-17-25-33-26-18-14-10-6-8-12-16-20-28-35-30-22-24-32(3)4/h31-35H,5-30H2,1-4H3. The van der Waals surface area contributed by atoms with Crippen LogP contribution in [-0.2, 0) is 0 Å². The molecule has 0 saturated heterocycles. The van der Waals surface area contributed by atoms with Crippen molar-refractivity contribution in [1.29, 1.82) is 0 Å². The maximum absolute atomic E-state index is 3.66. The van der Waals surface area contributed by atoms with Crippen LogP contribution in [-0.4, -0.2) is 39.3 Å². The van der Waals surface area contributed by atoms with Gasteiger partial charge in [0.2, 0.25) is 0 Å².